The SMILES string of the molecule is CN(C(=O)CN1N=C(c2ccc(Cl)c(F)c2)CCC1=O)c1ccc(C(F)(F)F)cc1. The molecule has 2 aromatic carbocycles. The first kappa shape index (κ1) is 21.8. The molecule has 10 heteroatoms. The monoisotopic (exact) mass is 441 g/mol. The van der Waals surface area contributed by atoms with Crippen LogP contribution in [-0.2, 0) is 15.8 Å². The normalized spacial score (nSPS) is 14.5. The summed E-state index contributed by atoms with van der Waals surface area (Å²) < 4.78 is 51.8. The van der Waals surface area contributed by atoms with Crippen molar-refractivity contribution in [1.29, 1.82) is 0 Å². The van der Waals surface area contributed by atoms with E-state index in [1.54, 1.807) is 6.07 Å². The molecule has 2 aromatic rings. The van der Waals surface area contributed by atoms with Crippen LogP contribution in [0.5, 0.6) is 0 Å². The van der Waals surface area contributed by atoms with Gasteiger partial charge >= 0.3 is 6.18 Å². The zero-order valence-corrected chi connectivity index (χ0v) is 16.5. The smallest absolute Gasteiger partial charge is 0.314 e. The van der Waals surface area contributed by atoms with Gasteiger partial charge in [-0.25, -0.2) is 9.40 Å². The highest BCUT2D eigenvalue weighted by Gasteiger charge is 2.30. The first-order valence-electron chi connectivity index (χ1n) is 8.83. The van der Waals surface area contributed by atoms with Crippen molar-refractivity contribution < 1.29 is 27.2 Å². The van der Waals surface area contributed by atoms with Gasteiger partial charge in [-0.15, -0.1) is 0 Å². The van der Waals surface area contributed by atoms with Crippen molar-refractivity contribution in [3.8, 4) is 0 Å². The predicted octanol–water partition coefficient (Wildman–Crippen LogP) is 4.49. The summed E-state index contributed by atoms with van der Waals surface area (Å²) in [5, 5.41) is 5.10. The van der Waals surface area contributed by atoms with Crippen molar-refractivity contribution in [1.82, 2.24) is 5.01 Å². The zero-order chi connectivity index (χ0) is 22.1. The van der Waals surface area contributed by atoms with Gasteiger partial charge in [0.1, 0.15) is 12.4 Å². The number of anilines is 1. The number of hydrazone groups is 1. The summed E-state index contributed by atoms with van der Waals surface area (Å²) >= 11 is 5.68. The molecule has 0 fully saturated rings. The Balaban J connectivity index is 1.75. The Bertz CT molecular complexity index is 1010. The number of alkyl halides is 3. The lowest BCUT2D eigenvalue weighted by molar-refractivity contribution is -0.137. The molecular weight excluding hydrogens is 426 g/mol. The number of carbonyl (C=O) groups is 2. The second-order valence-corrected chi connectivity index (χ2v) is 7.03. The summed E-state index contributed by atoms with van der Waals surface area (Å²) in [7, 11) is 1.39. The summed E-state index contributed by atoms with van der Waals surface area (Å²) in [5.41, 5.74) is 0.275. The molecule has 30 heavy (non-hydrogen) atoms. The Morgan fingerprint density at radius 1 is 1.17 bits per heavy atom. The average molecular weight is 442 g/mol. The van der Waals surface area contributed by atoms with E-state index in [2.05, 4.69) is 5.10 Å². The fourth-order valence-electron chi connectivity index (χ4n) is 2.86. The van der Waals surface area contributed by atoms with Crippen LogP contribution < -0.4 is 4.90 Å². The summed E-state index contributed by atoms with van der Waals surface area (Å²) in [6.45, 7) is -0.407. The molecule has 1 aliphatic rings. The number of hydrogen-bond donors (Lipinski definition) is 0. The molecule has 0 radical (unpaired) electrons. The van der Waals surface area contributed by atoms with E-state index in [-0.39, 0.29) is 29.5 Å². The largest absolute Gasteiger partial charge is 0.416 e. The van der Waals surface area contributed by atoms with Gasteiger partial charge in [0.15, 0.2) is 0 Å². The number of carbonyl (C=O) groups excluding carboxylic acids is 2. The molecule has 0 aromatic heterocycles. The van der Waals surface area contributed by atoms with Crippen LogP contribution in [0, 0.1) is 5.82 Å². The molecule has 0 aliphatic carbocycles. The quantitative estimate of drug-likeness (QED) is 0.657. The van der Waals surface area contributed by atoms with E-state index in [4.69, 9.17) is 11.6 Å². The summed E-state index contributed by atoms with van der Waals surface area (Å²) in [6, 6.07) is 8.22. The van der Waals surface area contributed by atoms with Crippen LogP contribution in [0.2, 0.25) is 5.02 Å². The van der Waals surface area contributed by atoms with Crippen LogP contribution >= 0.6 is 11.6 Å². The van der Waals surface area contributed by atoms with E-state index < -0.39 is 30.0 Å². The lowest BCUT2D eigenvalue weighted by Gasteiger charge is -2.26. The van der Waals surface area contributed by atoms with Gasteiger partial charge in [-0.05, 0) is 36.4 Å². The Morgan fingerprint density at radius 2 is 1.83 bits per heavy atom. The maximum Gasteiger partial charge on any atom is 0.416 e. The van der Waals surface area contributed by atoms with Crippen molar-refractivity contribution in [3.63, 3.8) is 0 Å². The summed E-state index contributed by atoms with van der Waals surface area (Å²) in [5.74, 6) is -1.56. The van der Waals surface area contributed by atoms with Gasteiger partial charge < -0.3 is 4.90 Å². The molecule has 3 rings (SSSR count). The second kappa shape index (κ2) is 8.43. The highest BCUT2D eigenvalue weighted by molar-refractivity contribution is 6.30. The number of hydrogen-bond acceptors (Lipinski definition) is 3. The third-order valence-electron chi connectivity index (χ3n) is 4.60. The van der Waals surface area contributed by atoms with Crippen LogP contribution in [0.15, 0.2) is 47.6 Å². The van der Waals surface area contributed by atoms with Crippen LogP contribution in [0.1, 0.15) is 24.0 Å². The maximum absolute atomic E-state index is 13.7. The molecule has 0 unspecified atom stereocenters. The minimum atomic E-state index is -4.48. The van der Waals surface area contributed by atoms with Crippen LogP contribution in [-0.4, -0.2) is 36.1 Å². The maximum atomic E-state index is 13.7. The van der Waals surface area contributed by atoms with E-state index in [0.29, 0.717) is 11.3 Å². The summed E-state index contributed by atoms with van der Waals surface area (Å²) in [6.07, 6.45) is -4.12. The van der Waals surface area contributed by atoms with Crippen molar-refractivity contribution in [3.05, 3.63) is 64.4 Å². The Labute approximate surface area is 174 Å². The number of likely N-dealkylation sites (N-methyl/N-ethyl adjacent to an activating group) is 1. The molecule has 158 valence electrons. The van der Waals surface area contributed by atoms with Crippen molar-refractivity contribution in [2.45, 2.75) is 19.0 Å². The molecule has 1 heterocycles. The topological polar surface area (TPSA) is 53.0 Å². The third-order valence-corrected chi connectivity index (χ3v) is 4.91. The van der Waals surface area contributed by atoms with Gasteiger partial charge in [0.25, 0.3) is 0 Å². The number of benzene rings is 2. The first-order chi connectivity index (χ1) is 14.1. The van der Waals surface area contributed by atoms with Gasteiger partial charge in [0.05, 0.1) is 16.3 Å². The van der Waals surface area contributed by atoms with Crippen LogP contribution in [0.25, 0.3) is 0 Å². The van der Waals surface area contributed by atoms with Gasteiger partial charge in [0, 0.05) is 31.1 Å². The van der Waals surface area contributed by atoms with Crippen LogP contribution in [0.4, 0.5) is 23.2 Å². The molecule has 2 amide bonds. The number of nitrogens with zero attached hydrogens (tertiary/aromatic N) is 3. The molecule has 0 bridgehead atoms. The average Bonchev–Trinajstić information content (AvgIpc) is 2.70. The minimum absolute atomic E-state index is 0.0450. The number of amides is 2. The summed E-state index contributed by atoms with van der Waals surface area (Å²) in [4.78, 5) is 25.9. The highest BCUT2D eigenvalue weighted by atomic mass is 35.5. The molecule has 1 aliphatic heterocycles. The molecule has 0 N–H and O–H groups in total. The Hall–Kier alpha value is -2.94. The van der Waals surface area contributed by atoms with E-state index >= 15 is 0 Å². The highest BCUT2D eigenvalue weighted by Crippen LogP contribution is 2.30. The van der Waals surface area contributed by atoms with Crippen molar-refractivity contribution in [2.75, 3.05) is 18.5 Å². The molecule has 0 saturated heterocycles. The van der Waals surface area contributed by atoms with Gasteiger partial charge in [-0.3, -0.25) is 9.59 Å². The zero-order valence-electron chi connectivity index (χ0n) is 15.7. The van der Waals surface area contributed by atoms with E-state index in [1.807, 2.05) is 0 Å². The number of halogens is 5. The van der Waals surface area contributed by atoms with Crippen LogP contribution in [0.3, 0.4) is 0 Å². The van der Waals surface area contributed by atoms with Crippen molar-refractivity contribution in [2.24, 2.45) is 5.10 Å². The van der Waals surface area contributed by atoms with E-state index in [1.165, 1.54) is 31.3 Å². The Kier molecular flexibility index (Phi) is 6.12. The first-order valence-corrected chi connectivity index (χ1v) is 9.21. The molecule has 0 spiro atoms. The second-order valence-electron chi connectivity index (χ2n) is 6.62. The lowest BCUT2D eigenvalue weighted by Crippen LogP contribution is -2.41. The minimum Gasteiger partial charge on any atom is -0.314 e. The molecule has 5 nitrogen and oxygen atoms in total. The molecule has 0 atom stereocenters. The lowest BCUT2D eigenvalue weighted by atomic mass is 10.0. The van der Waals surface area contributed by atoms with Gasteiger partial charge in [-0.2, -0.15) is 18.3 Å². The predicted molar refractivity (Wildman–Crippen MR) is 104 cm³/mol. The molecule has 0 saturated carbocycles. The fourth-order valence-corrected chi connectivity index (χ4v) is 2.98. The van der Waals surface area contributed by atoms with Crippen molar-refractivity contribution >= 4 is 34.8 Å². The fraction of sp³-hybridized carbons (Fsp3) is 0.250. The standard InChI is InChI=1S/C20H16ClF4N3O2/c1-27(14-5-3-13(4-6-14)20(23,24)25)19(30)11-28-18(29)9-8-17(26-28)12-2-7-15(21)16(22)10-12/h2-7,10H,8-9,11H2,1H3. The molecular formula is C20H16ClF4N3O2. The van der Waals surface area contributed by atoms with Gasteiger partial charge in [0.2, 0.25) is 11.8 Å². The Morgan fingerprint density at radius 3 is 2.43 bits per heavy atom. The third kappa shape index (κ3) is 4.79. The van der Waals surface area contributed by atoms with E-state index in [9.17, 15) is 27.2 Å². The van der Waals surface area contributed by atoms with Gasteiger partial charge in [-0.1, -0.05) is 17.7 Å². The van der Waals surface area contributed by atoms with E-state index in [0.717, 1.165) is 22.0 Å². The number of rotatable bonds is 4.